The molecule has 8 heteroatoms. The number of ether oxygens (including phenoxy) is 1. The third-order valence-corrected chi connectivity index (χ3v) is 7.10. The molecular formula is C30H33FN4O3. The molecule has 2 aliphatic rings. The molecule has 0 saturated carbocycles. The van der Waals surface area contributed by atoms with Crippen molar-refractivity contribution < 1.29 is 18.7 Å². The number of halogens is 1. The Morgan fingerprint density at radius 1 is 0.868 bits per heavy atom. The normalized spacial score (nSPS) is 16.4. The second-order valence-electron chi connectivity index (χ2n) is 9.82. The standard InChI is InChI=1S/C30H33FN4O3/c1-22-5-4-6-23(19-22)21-33-11-13-34(14-12-33)28-10-9-24(32-29(36)25-7-2-3-8-27(25)31)20-26(28)30(37)35-15-17-38-18-16-35/h2-10,19-20H,11-18,21H2,1H3,(H,32,36). The first kappa shape index (κ1) is 25.9. The summed E-state index contributed by atoms with van der Waals surface area (Å²) < 4.78 is 19.6. The molecule has 2 saturated heterocycles. The van der Waals surface area contributed by atoms with Gasteiger partial charge in [0.1, 0.15) is 5.82 Å². The van der Waals surface area contributed by atoms with Crippen LogP contribution in [0.3, 0.4) is 0 Å². The summed E-state index contributed by atoms with van der Waals surface area (Å²) in [5.74, 6) is -1.23. The van der Waals surface area contributed by atoms with E-state index in [-0.39, 0.29) is 11.5 Å². The second kappa shape index (κ2) is 11.8. The first-order valence-electron chi connectivity index (χ1n) is 13.1. The van der Waals surface area contributed by atoms with E-state index in [2.05, 4.69) is 46.3 Å². The van der Waals surface area contributed by atoms with Crippen LogP contribution in [0.1, 0.15) is 31.8 Å². The summed E-state index contributed by atoms with van der Waals surface area (Å²) in [6.45, 7) is 8.39. The van der Waals surface area contributed by atoms with E-state index in [0.29, 0.717) is 37.6 Å². The van der Waals surface area contributed by atoms with Crippen molar-refractivity contribution in [2.75, 3.05) is 62.7 Å². The van der Waals surface area contributed by atoms with Gasteiger partial charge in [-0.15, -0.1) is 0 Å². The molecule has 2 amide bonds. The number of nitrogens with one attached hydrogen (secondary N) is 1. The number of hydrogen-bond donors (Lipinski definition) is 1. The van der Waals surface area contributed by atoms with Gasteiger partial charge in [-0.05, 0) is 42.8 Å². The van der Waals surface area contributed by atoms with Crippen molar-refractivity contribution in [3.63, 3.8) is 0 Å². The van der Waals surface area contributed by atoms with Gasteiger partial charge in [-0.2, -0.15) is 0 Å². The average Bonchev–Trinajstić information content (AvgIpc) is 2.94. The molecule has 0 aromatic heterocycles. The maximum absolute atomic E-state index is 14.1. The van der Waals surface area contributed by atoms with Crippen LogP contribution in [0.4, 0.5) is 15.8 Å². The Labute approximate surface area is 222 Å². The smallest absolute Gasteiger partial charge is 0.258 e. The van der Waals surface area contributed by atoms with Crippen LogP contribution >= 0.6 is 0 Å². The number of rotatable bonds is 6. The van der Waals surface area contributed by atoms with Crippen LogP contribution in [0.5, 0.6) is 0 Å². The maximum Gasteiger partial charge on any atom is 0.258 e. The van der Waals surface area contributed by atoms with Crippen molar-refractivity contribution in [2.24, 2.45) is 0 Å². The maximum atomic E-state index is 14.1. The summed E-state index contributed by atoms with van der Waals surface area (Å²) in [6, 6.07) is 19.8. The number of aryl methyl sites for hydroxylation is 1. The van der Waals surface area contributed by atoms with Crippen LogP contribution in [0.2, 0.25) is 0 Å². The third kappa shape index (κ3) is 6.03. The minimum atomic E-state index is -0.588. The van der Waals surface area contributed by atoms with Crippen molar-refractivity contribution in [1.82, 2.24) is 9.80 Å². The highest BCUT2D eigenvalue weighted by atomic mass is 19.1. The summed E-state index contributed by atoms with van der Waals surface area (Å²) in [4.78, 5) is 32.8. The van der Waals surface area contributed by atoms with Crippen molar-refractivity contribution in [1.29, 1.82) is 0 Å². The van der Waals surface area contributed by atoms with Crippen molar-refractivity contribution in [2.45, 2.75) is 13.5 Å². The van der Waals surface area contributed by atoms with Gasteiger partial charge in [0.05, 0.1) is 24.3 Å². The van der Waals surface area contributed by atoms with Crippen molar-refractivity contribution in [3.05, 3.63) is 94.8 Å². The number of benzene rings is 3. The monoisotopic (exact) mass is 516 g/mol. The molecule has 0 aliphatic carbocycles. The van der Waals surface area contributed by atoms with Crippen molar-refractivity contribution in [3.8, 4) is 0 Å². The largest absolute Gasteiger partial charge is 0.378 e. The summed E-state index contributed by atoms with van der Waals surface area (Å²) in [5.41, 5.74) is 4.36. The molecule has 2 heterocycles. The van der Waals surface area contributed by atoms with E-state index >= 15 is 0 Å². The van der Waals surface area contributed by atoms with Gasteiger partial charge in [0, 0.05) is 57.2 Å². The summed E-state index contributed by atoms with van der Waals surface area (Å²) >= 11 is 0. The quantitative estimate of drug-likeness (QED) is 0.533. The molecule has 2 fully saturated rings. The lowest BCUT2D eigenvalue weighted by Gasteiger charge is -2.37. The molecule has 3 aromatic carbocycles. The lowest BCUT2D eigenvalue weighted by molar-refractivity contribution is 0.0303. The SMILES string of the molecule is Cc1cccc(CN2CCN(c3ccc(NC(=O)c4ccccc4F)cc3C(=O)N3CCOCC3)CC2)c1. The van der Waals surface area contributed by atoms with Crippen molar-refractivity contribution >= 4 is 23.2 Å². The Bertz CT molecular complexity index is 1300. The predicted octanol–water partition coefficient (Wildman–Crippen LogP) is 4.18. The molecular weight excluding hydrogens is 483 g/mol. The minimum absolute atomic E-state index is 0.0395. The van der Waals surface area contributed by atoms with E-state index < -0.39 is 11.7 Å². The highest BCUT2D eigenvalue weighted by Crippen LogP contribution is 2.28. The van der Waals surface area contributed by atoms with Gasteiger partial charge >= 0.3 is 0 Å². The van der Waals surface area contributed by atoms with E-state index in [0.717, 1.165) is 38.4 Å². The number of anilines is 2. The molecule has 38 heavy (non-hydrogen) atoms. The number of piperazine rings is 1. The molecule has 3 aromatic rings. The van der Waals surface area contributed by atoms with Gasteiger partial charge in [0.25, 0.3) is 11.8 Å². The molecule has 0 bridgehead atoms. The molecule has 0 spiro atoms. The summed E-state index contributed by atoms with van der Waals surface area (Å²) in [5, 5.41) is 2.77. The number of carbonyl (C=O) groups is 2. The first-order valence-corrected chi connectivity index (χ1v) is 13.1. The molecule has 5 rings (SSSR count). The third-order valence-electron chi connectivity index (χ3n) is 7.10. The van der Waals surface area contributed by atoms with Crippen LogP contribution in [0.15, 0.2) is 66.7 Å². The van der Waals surface area contributed by atoms with E-state index in [9.17, 15) is 14.0 Å². The molecule has 2 aliphatic heterocycles. The summed E-state index contributed by atoms with van der Waals surface area (Å²) in [7, 11) is 0. The molecule has 198 valence electrons. The summed E-state index contributed by atoms with van der Waals surface area (Å²) in [6.07, 6.45) is 0. The fraction of sp³-hybridized carbons (Fsp3) is 0.333. The highest BCUT2D eigenvalue weighted by molar-refractivity contribution is 6.06. The van der Waals surface area contributed by atoms with Crippen LogP contribution in [0.25, 0.3) is 0 Å². The average molecular weight is 517 g/mol. The number of morpholine rings is 1. The Balaban J connectivity index is 1.34. The van der Waals surface area contributed by atoms with Crippen LogP contribution in [-0.4, -0.2) is 74.1 Å². The van der Waals surface area contributed by atoms with E-state index in [1.807, 2.05) is 6.07 Å². The fourth-order valence-electron chi connectivity index (χ4n) is 5.06. The molecule has 0 atom stereocenters. The van der Waals surface area contributed by atoms with Gasteiger partial charge in [0.2, 0.25) is 0 Å². The predicted molar refractivity (Wildman–Crippen MR) is 146 cm³/mol. The van der Waals surface area contributed by atoms with Gasteiger partial charge in [-0.25, -0.2) is 4.39 Å². The molecule has 0 unspecified atom stereocenters. The molecule has 1 N–H and O–H groups in total. The number of hydrogen-bond acceptors (Lipinski definition) is 5. The van der Waals surface area contributed by atoms with Gasteiger partial charge in [0.15, 0.2) is 0 Å². The van der Waals surface area contributed by atoms with Crippen LogP contribution < -0.4 is 10.2 Å². The topological polar surface area (TPSA) is 65.1 Å². The zero-order valence-corrected chi connectivity index (χ0v) is 21.7. The highest BCUT2D eigenvalue weighted by Gasteiger charge is 2.26. The Kier molecular flexibility index (Phi) is 8.00. The first-order chi connectivity index (χ1) is 18.5. The Hall–Kier alpha value is -3.75. The molecule has 7 nitrogen and oxygen atoms in total. The van der Waals surface area contributed by atoms with Gasteiger partial charge in [-0.3, -0.25) is 14.5 Å². The number of nitrogens with zero attached hydrogens (tertiary/aromatic N) is 3. The fourth-order valence-corrected chi connectivity index (χ4v) is 5.06. The van der Waals surface area contributed by atoms with E-state index in [1.54, 1.807) is 29.2 Å². The minimum Gasteiger partial charge on any atom is -0.378 e. The van der Waals surface area contributed by atoms with E-state index in [4.69, 9.17) is 4.74 Å². The number of carbonyl (C=O) groups excluding carboxylic acids is 2. The van der Waals surface area contributed by atoms with Crippen LogP contribution in [-0.2, 0) is 11.3 Å². The Morgan fingerprint density at radius 3 is 2.37 bits per heavy atom. The molecule has 0 radical (unpaired) electrons. The second-order valence-corrected chi connectivity index (χ2v) is 9.82. The van der Waals surface area contributed by atoms with Gasteiger partial charge < -0.3 is 19.9 Å². The number of amides is 2. The lowest BCUT2D eigenvalue weighted by atomic mass is 10.1. The Morgan fingerprint density at radius 2 is 1.63 bits per heavy atom. The lowest BCUT2D eigenvalue weighted by Crippen LogP contribution is -2.47. The van der Waals surface area contributed by atoms with Crippen LogP contribution in [0, 0.1) is 12.7 Å². The van der Waals surface area contributed by atoms with Gasteiger partial charge in [-0.1, -0.05) is 42.0 Å². The van der Waals surface area contributed by atoms with E-state index in [1.165, 1.54) is 23.3 Å². The zero-order valence-electron chi connectivity index (χ0n) is 21.7. The zero-order chi connectivity index (χ0) is 26.5.